The van der Waals surface area contributed by atoms with Crippen molar-refractivity contribution in [1.29, 1.82) is 0 Å². The minimum Gasteiger partial charge on any atom is -0.391 e. The fourth-order valence-corrected chi connectivity index (χ4v) is 2.79. The lowest BCUT2D eigenvalue weighted by molar-refractivity contribution is -0.0346. The number of hydrogen-bond donors (Lipinski definition) is 1. The molecule has 1 rings (SSSR count). The third-order valence-electron chi connectivity index (χ3n) is 4.14. The van der Waals surface area contributed by atoms with Crippen LogP contribution < -0.4 is 0 Å². The molecule has 0 aliphatic carbocycles. The highest BCUT2D eigenvalue weighted by Gasteiger charge is 2.38. The van der Waals surface area contributed by atoms with E-state index in [4.69, 9.17) is 0 Å². The molecule has 0 aromatic heterocycles. The Kier molecular flexibility index (Phi) is 4.60. The zero-order valence-electron chi connectivity index (χ0n) is 10.8. The van der Waals surface area contributed by atoms with Gasteiger partial charge < -0.3 is 5.11 Å². The Morgan fingerprint density at radius 2 is 1.60 bits per heavy atom. The maximum atomic E-state index is 10.5. The van der Waals surface area contributed by atoms with E-state index < -0.39 is 0 Å². The van der Waals surface area contributed by atoms with Gasteiger partial charge in [0.1, 0.15) is 0 Å². The molecule has 0 aromatic carbocycles. The van der Waals surface area contributed by atoms with Crippen LogP contribution in [0.25, 0.3) is 0 Å². The van der Waals surface area contributed by atoms with E-state index in [-0.39, 0.29) is 11.6 Å². The summed E-state index contributed by atoms with van der Waals surface area (Å²) in [6, 6.07) is 0. The number of rotatable bonds is 5. The second kappa shape index (κ2) is 5.31. The van der Waals surface area contributed by atoms with E-state index in [9.17, 15) is 5.11 Å². The fourth-order valence-electron chi connectivity index (χ4n) is 2.79. The summed E-state index contributed by atoms with van der Waals surface area (Å²) in [6.07, 6.45) is 4.55. The second-order valence-corrected chi connectivity index (χ2v) is 5.37. The van der Waals surface area contributed by atoms with Crippen molar-refractivity contribution in [1.82, 2.24) is 4.90 Å². The van der Waals surface area contributed by atoms with Crippen LogP contribution in [-0.4, -0.2) is 34.7 Å². The molecule has 0 aromatic rings. The number of hydrogen-bond acceptors (Lipinski definition) is 2. The van der Waals surface area contributed by atoms with Crippen molar-refractivity contribution in [2.24, 2.45) is 5.92 Å². The largest absolute Gasteiger partial charge is 0.391 e. The lowest BCUT2D eigenvalue weighted by atomic mass is 9.83. The molecule has 1 N–H and O–H groups in total. The van der Waals surface area contributed by atoms with E-state index in [1.54, 1.807) is 0 Å². The molecule has 1 fully saturated rings. The van der Waals surface area contributed by atoms with Gasteiger partial charge in [-0.15, -0.1) is 0 Å². The molecule has 1 saturated heterocycles. The average molecular weight is 213 g/mol. The molecule has 0 saturated carbocycles. The zero-order valence-corrected chi connectivity index (χ0v) is 10.8. The van der Waals surface area contributed by atoms with Crippen LogP contribution in [0, 0.1) is 5.92 Å². The summed E-state index contributed by atoms with van der Waals surface area (Å²) in [7, 11) is 0. The highest BCUT2D eigenvalue weighted by atomic mass is 16.3. The molecule has 15 heavy (non-hydrogen) atoms. The predicted octanol–water partition coefficient (Wildman–Crippen LogP) is 2.66. The first-order valence-corrected chi connectivity index (χ1v) is 6.47. The average Bonchev–Trinajstić information content (AvgIpc) is 2.72. The molecule has 0 bridgehead atoms. The SMILES string of the molecule is CCC(CC)C(O)C(C)(C)N1CCCC1. The Morgan fingerprint density at radius 3 is 2.00 bits per heavy atom. The summed E-state index contributed by atoms with van der Waals surface area (Å²) in [4.78, 5) is 2.45. The Morgan fingerprint density at radius 1 is 1.13 bits per heavy atom. The van der Waals surface area contributed by atoms with Crippen LogP contribution >= 0.6 is 0 Å². The Balaban J connectivity index is 2.65. The Hall–Kier alpha value is -0.0800. The first kappa shape index (κ1) is 13.0. The van der Waals surface area contributed by atoms with E-state index in [2.05, 4.69) is 32.6 Å². The minimum absolute atomic E-state index is 0.0484. The molecular weight excluding hydrogens is 186 g/mol. The molecule has 1 aliphatic heterocycles. The Bertz CT molecular complexity index is 181. The van der Waals surface area contributed by atoms with Crippen LogP contribution in [0.1, 0.15) is 53.4 Å². The second-order valence-electron chi connectivity index (χ2n) is 5.37. The fraction of sp³-hybridized carbons (Fsp3) is 1.00. The van der Waals surface area contributed by atoms with Crippen LogP contribution in [0.3, 0.4) is 0 Å². The van der Waals surface area contributed by atoms with Crippen molar-refractivity contribution in [3.05, 3.63) is 0 Å². The predicted molar refractivity (Wildman–Crippen MR) is 65.0 cm³/mol. The monoisotopic (exact) mass is 213 g/mol. The molecule has 0 amide bonds. The minimum atomic E-state index is -0.189. The van der Waals surface area contributed by atoms with Crippen LogP contribution in [0.4, 0.5) is 0 Å². The number of likely N-dealkylation sites (tertiary alicyclic amines) is 1. The standard InChI is InChI=1S/C13H27NO/c1-5-11(6-2)12(15)13(3,4)14-9-7-8-10-14/h11-12,15H,5-10H2,1-4H3. The first-order valence-electron chi connectivity index (χ1n) is 6.47. The van der Waals surface area contributed by atoms with Gasteiger partial charge in [0.25, 0.3) is 0 Å². The molecule has 0 spiro atoms. The van der Waals surface area contributed by atoms with Gasteiger partial charge in [-0.05, 0) is 45.7 Å². The topological polar surface area (TPSA) is 23.5 Å². The van der Waals surface area contributed by atoms with Crippen molar-refractivity contribution < 1.29 is 5.11 Å². The number of aliphatic hydroxyl groups excluding tert-OH is 1. The highest BCUT2D eigenvalue weighted by molar-refractivity contribution is 4.93. The van der Waals surface area contributed by atoms with Gasteiger partial charge in [-0.3, -0.25) is 4.90 Å². The molecule has 0 radical (unpaired) electrons. The van der Waals surface area contributed by atoms with E-state index in [1.807, 2.05) is 0 Å². The van der Waals surface area contributed by atoms with Gasteiger partial charge in [0.05, 0.1) is 6.10 Å². The van der Waals surface area contributed by atoms with Gasteiger partial charge >= 0.3 is 0 Å². The molecule has 90 valence electrons. The van der Waals surface area contributed by atoms with Gasteiger partial charge in [0.2, 0.25) is 0 Å². The summed E-state index contributed by atoms with van der Waals surface area (Å²) in [5.74, 6) is 0.445. The summed E-state index contributed by atoms with van der Waals surface area (Å²) >= 11 is 0. The summed E-state index contributed by atoms with van der Waals surface area (Å²) < 4.78 is 0. The zero-order chi connectivity index (χ0) is 11.5. The summed E-state index contributed by atoms with van der Waals surface area (Å²) in [5, 5.41) is 10.5. The third kappa shape index (κ3) is 2.73. The smallest absolute Gasteiger partial charge is 0.0746 e. The maximum Gasteiger partial charge on any atom is 0.0746 e. The highest BCUT2D eigenvalue weighted by Crippen LogP contribution is 2.30. The molecular formula is C13H27NO. The van der Waals surface area contributed by atoms with E-state index in [0.717, 1.165) is 25.9 Å². The summed E-state index contributed by atoms with van der Waals surface area (Å²) in [5.41, 5.74) is -0.0484. The van der Waals surface area contributed by atoms with Gasteiger partial charge in [0, 0.05) is 5.54 Å². The molecule has 1 aliphatic rings. The first-order chi connectivity index (χ1) is 7.04. The normalized spacial score (nSPS) is 21.2. The van der Waals surface area contributed by atoms with Crippen molar-refractivity contribution in [2.45, 2.75) is 65.0 Å². The summed E-state index contributed by atoms with van der Waals surface area (Å²) in [6.45, 7) is 11.1. The van der Waals surface area contributed by atoms with Gasteiger partial charge in [-0.2, -0.15) is 0 Å². The van der Waals surface area contributed by atoms with Crippen LogP contribution in [0.15, 0.2) is 0 Å². The molecule has 1 heterocycles. The molecule has 2 heteroatoms. The molecule has 1 atom stereocenters. The van der Waals surface area contributed by atoms with Crippen molar-refractivity contribution >= 4 is 0 Å². The molecule has 1 unspecified atom stereocenters. The van der Waals surface area contributed by atoms with Gasteiger partial charge in [-0.25, -0.2) is 0 Å². The number of nitrogens with zero attached hydrogens (tertiary/aromatic N) is 1. The molecule has 2 nitrogen and oxygen atoms in total. The van der Waals surface area contributed by atoms with Crippen LogP contribution in [0.5, 0.6) is 0 Å². The van der Waals surface area contributed by atoms with Gasteiger partial charge in [0.15, 0.2) is 0 Å². The van der Waals surface area contributed by atoms with E-state index in [1.165, 1.54) is 12.8 Å². The van der Waals surface area contributed by atoms with Crippen LogP contribution in [-0.2, 0) is 0 Å². The van der Waals surface area contributed by atoms with Crippen molar-refractivity contribution in [3.63, 3.8) is 0 Å². The lowest BCUT2D eigenvalue weighted by Crippen LogP contribution is -2.53. The van der Waals surface area contributed by atoms with Crippen molar-refractivity contribution in [3.8, 4) is 0 Å². The quantitative estimate of drug-likeness (QED) is 0.759. The third-order valence-corrected chi connectivity index (χ3v) is 4.14. The van der Waals surface area contributed by atoms with Crippen molar-refractivity contribution in [2.75, 3.05) is 13.1 Å². The number of aliphatic hydroxyl groups is 1. The Labute approximate surface area is 94.7 Å². The maximum absolute atomic E-state index is 10.5. The lowest BCUT2D eigenvalue weighted by Gasteiger charge is -2.42. The van der Waals surface area contributed by atoms with E-state index >= 15 is 0 Å². The van der Waals surface area contributed by atoms with Crippen LogP contribution in [0.2, 0.25) is 0 Å². The van der Waals surface area contributed by atoms with E-state index in [0.29, 0.717) is 5.92 Å². The van der Waals surface area contributed by atoms with Gasteiger partial charge in [-0.1, -0.05) is 26.7 Å².